The summed E-state index contributed by atoms with van der Waals surface area (Å²) < 4.78 is 15.6. The van der Waals surface area contributed by atoms with Crippen LogP contribution in [0.1, 0.15) is 64.4 Å². The average Bonchev–Trinajstić information content (AvgIpc) is 2.82. The summed E-state index contributed by atoms with van der Waals surface area (Å²) >= 11 is 0. The van der Waals surface area contributed by atoms with Crippen molar-refractivity contribution in [3.63, 3.8) is 0 Å². The molecular formula is C27H36O6. The van der Waals surface area contributed by atoms with Crippen molar-refractivity contribution < 1.29 is 28.6 Å². The molecule has 180 valence electrons. The Bertz CT molecular complexity index is 891. The van der Waals surface area contributed by atoms with Crippen LogP contribution in [-0.2, 0) is 35.0 Å². The number of hydrogen-bond acceptors (Lipinski definition) is 6. The Hall–Kier alpha value is -2.89. The van der Waals surface area contributed by atoms with Crippen molar-refractivity contribution in [2.24, 2.45) is 5.92 Å². The van der Waals surface area contributed by atoms with Crippen molar-refractivity contribution in [3.8, 4) is 0 Å². The summed E-state index contributed by atoms with van der Waals surface area (Å²) in [5.41, 5.74) is 0.953. The van der Waals surface area contributed by atoms with Crippen LogP contribution < -0.4 is 0 Å². The first-order valence-corrected chi connectivity index (χ1v) is 11.9. The lowest BCUT2D eigenvalue weighted by Gasteiger charge is -2.09. The first-order valence-electron chi connectivity index (χ1n) is 11.9. The molecule has 0 saturated carbocycles. The number of esters is 3. The molecule has 0 saturated heterocycles. The Morgan fingerprint density at radius 1 is 0.758 bits per heavy atom. The van der Waals surface area contributed by atoms with Crippen molar-refractivity contribution >= 4 is 28.7 Å². The molecule has 0 bridgehead atoms. The summed E-state index contributed by atoms with van der Waals surface area (Å²) in [5, 5.41) is 2.27. The monoisotopic (exact) mass is 456 g/mol. The van der Waals surface area contributed by atoms with E-state index in [0.717, 1.165) is 48.4 Å². The van der Waals surface area contributed by atoms with Gasteiger partial charge < -0.3 is 14.2 Å². The van der Waals surface area contributed by atoms with E-state index >= 15 is 0 Å². The minimum Gasteiger partial charge on any atom is -0.466 e. The third-order valence-corrected chi connectivity index (χ3v) is 5.51. The second-order valence-corrected chi connectivity index (χ2v) is 8.29. The van der Waals surface area contributed by atoms with Crippen molar-refractivity contribution in [1.29, 1.82) is 0 Å². The summed E-state index contributed by atoms with van der Waals surface area (Å²) in [5.74, 6) is -0.804. The molecule has 2 aromatic rings. The number of benzene rings is 2. The molecule has 1 unspecified atom stereocenters. The Labute approximate surface area is 196 Å². The lowest BCUT2D eigenvalue weighted by molar-refractivity contribution is -0.150. The van der Waals surface area contributed by atoms with Gasteiger partial charge in [-0.05, 0) is 54.9 Å². The number of unbranched alkanes of at least 4 members (excludes halogenated alkanes) is 3. The van der Waals surface area contributed by atoms with E-state index in [1.54, 1.807) is 0 Å². The molecule has 0 radical (unpaired) electrons. The first kappa shape index (κ1) is 26.4. The predicted octanol–water partition coefficient (Wildman–Crippen LogP) is 5.40. The van der Waals surface area contributed by atoms with E-state index in [4.69, 9.17) is 14.2 Å². The third-order valence-electron chi connectivity index (χ3n) is 5.51. The molecule has 0 heterocycles. The molecule has 0 aliphatic carbocycles. The van der Waals surface area contributed by atoms with Gasteiger partial charge in [0, 0.05) is 6.42 Å². The fourth-order valence-corrected chi connectivity index (χ4v) is 3.27. The Morgan fingerprint density at radius 2 is 1.39 bits per heavy atom. The van der Waals surface area contributed by atoms with Crippen LogP contribution in [0, 0.1) is 5.92 Å². The smallest absolute Gasteiger partial charge is 0.310 e. The summed E-state index contributed by atoms with van der Waals surface area (Å²) in [4.78, 5) is 35.3. The molecule has 0 N–H and O–H groups in total. The van der Waals surface area contributed by atoms with Crippen molar-refractivity contribution in [1.82, 2.24) is 0 Å². The highest BCUT2D eigenvalue weighted by Gasteiger charge is 2.12. The maximum absolute atomic E-state index is 12.0. The van der Waals surface area contributed by atoms with Crippen LogP contribution in [0.5, 0.6) is 0 Å². The van der Waals surface area contributed by atoms with Gasteiger partial charge >= 0.3 is 17.9 Å². The fourth-order valence-electron chi connectivity index (χ4n) is 3.27. The van der Waals surface area contributed by atoms with Crippen LogP contribution in [-0.4, -0.2) is 37.7 Å². The molecule has 6 heteroatoms. The number of carbonyl (C=O) groups excluding carboxylic acids is 3. The predicted molar refractivity (Wildman–Crippen MR) is 128 cm³/mol. The molecule has 2 aromatic carbocycles. The largest absolute Gasteiger partial charge is 0.466 e. The topological polar surface area (TPSA) is 78.9 Å². The van der Waals surface area contributed by atoms with Gasteiger partial charge in [-0.15, -0.1) is 0 Å². The van der Waals surface area contributed by atoms with Gasteiger partial charge in [0.2, 0.25) is 0 Å². The Balaban J connectivity index is 1.44. The van der Waals surface area contributed by atoms with E-state index in [2.05, 4.69) is 0 Å². The lowest BCUT2D eigenvalue weighted by atomic mass is 10.1. The molecule has 0 aromatic heterocycles. The summed E-state index contributed by atoms with van der Waals surface area (Å²) in [6, 6.07) is 14.1. The number of carbonyl (C=O) groups is 3. The third kappa shape index (κ3) is 10.5. The number of ether oxygens (including phenoxy) is 3. The number of rotatable bonds is 15. The molecular weight excluding hydrogens is 420 g/mol. The van der Waals surface area contributed by atoms with E-state index in [9.17, 15) is 14.4 Å². The number of fused-ring (bicyclic) bond motifs is 1. The van der Waals surface area contributed by atoms with Crippen LogP contribution in [0.15, 0.2) is 42.5 Å². The van der Waals surface area contributed by atoms with Gasteiger partial charge in [0.1, 0.15) is 0 Å². The zero-order valence-electron chi connectivity index (χ0n) is 19.8. The van der Waals surface area contributed by atoms with Crippen LogP contribution in [0.25, 0.3) is 10.8 Å². The zero-order chi connectivity index (χ0) is 23.9. The molecule has 1 atom stereocenters. The van der Waals surface area contributed by atoms with Gasteiger partial charge in [0.05, 0.1) is 32.2 Å². The summed E-state index contributed by atoms with van der Waals surface area (Å²) in [7, 11) is 0. The molecule has 0 spiro atoms. The van der Waals surface area contributed by atoms with Crippen LogP contribution in [0.2, 0.25) is 0 Å². The van der Waals surface area contributed by atoms with Gasteiger partial charge in [-0.1, -0.05) is 56.3 Å². The second kappa shape index (κ2) is 15.0. The Morgan fingerprint density at radius 3 is 2.09 bits per heavy atom. The molecule has 0 aliphatic rings. The number of hydrogen-bond donors (Lipinski definition) is 0. The van der Waals surface area contributed by atoms with Crippen molar-refractivity contribution in [2.75, 3.05) is 19.8 Å². The minimum atomic E-state index is -0.266. The summed E-state index contributed by atoms with van der Waals surface area (Å²) in [6.07, 6.45) is 5.13. The highest BCUT2D eigenvalue weighted by Crippen LogP contribution is 2.16. The quantitative estimate of drug-likeness (QED) is 0.203. The van der Waals surface area contributed by atoms with Gasteiger partial charge in [-0.25, -0.2) is 0 Å². The van der Waals surface area contributed by atoms with E-state index in [0.29, 0.717) is 19.6 Å². The molecule has 0 aliphatic heterocycles. The molecule has 0 fully saturated rings. The highest BCUT2D eigenvalue weighted by atomic mass is 16.5. The lowest BCUT2D eigenvalue weighted by Crippen LogP contribution is -2.15. The maximum Gasteiger partial charge on any atom is 0.310 e. The van der Waals surface area contributed by atoms with Gasteiger partial charge in [-0.2, -0.15) is 0 Å². The van der Waals surface area contributed by atoms with Crippen molar-refractivity contribution in [2.45, 2.75) is 65.2 Å². The maximum atomic E-state index is 12.0. The zero-order valence-corrected chi connectivity index (χ0v) is 19.8. The highest BCUT2D eigenvalue weighted by molar-refractivity contribution is 5.84. The van der Waals surface area contributed by atoms with E-state index in [1.807, 2.05) is 56.3 Å². The SMILES string of the molecule is CCC(C)C(=O)OCCCC(=O)OCCCCCCOC(=O)Cc1ccc2ccccc2c1. The van der Waals surface area contributed by atoms with Crippen molar-refractivity contribution in [3.05, 3.63) is 48.0 Å². The second-order valence-electron chi connectivity index (χ2n) is 8.29. The van der Waals surface area contributed by atoms with E-state index in [1.165, 1.54) is 0 Å². The standard InChI is InChI=1S/C27H36O6/c1-3-21(2)27(30)33-18-10-13-25(28)31-16-8-4-5-9-17-32-26(29)20-22-14-15-23-11-6-7-12-24(23)19-22/h6-7,11-12,14-15,19,21H,3-5,8-10,13,16-18,20H2,1-2H3. The normalized spacial score (nSPS) is 11.7. The molecule has 2 rings (SSSR count). The van der Waals surface area contributed by atoms with Gasteiger partial charge in [-0.3, -0.25) is 14.4 Å². The first-order chi connectivity index (χ1) is 16.0. The van der Waals surface area contributed by atoms with E-state index in [-0.39, 0.29) is 43.3 Å². The van der Waals surface area contributed by atoms with Crippen LogP contribution in [0.4, 0.5) is 0 Å². The summed E-state index contributed by atoms with van der Waals surface area (Å²) in [6.45, 7) is 4.79. The minimum absolute atomic E-state index is 0.106. The Kier molecular flexibility index (Phi) is 12.0. The van der Waals surface area contributed by atoms with Crippen LogP contribution in [0.3, 0.4) is 0 Å². The average molecular weight is 457 g/mol. The van der Waals surface area contributed by atoms with Gasteiger partial charge in [0.15, 0.2) is 0 Å². The molecule has 6 nitrogen and oxygen atoms in total. The van der Waals surface area contributed by atoms with E-state index < -0.39 is 0 Å². The van der Waals surface area contributed by atoms with Gasteiger partial charge in [0.25, 0.3) is 0 Å². The molecule has 33 heavy (non-hydrogen) atoms. The van der Waals surface area contributed by atoms with Crippen LogP contribution >= 0.6 is 0 Å². The molecule has 0 amide bonds. The fraction of sp³-hybridized carbons (Fsp3) is 0.519.